The van der Waals surface area contributed by atoms with Crippen LogP contribution in [-0.2, 0) is 9.84 Å². The van der Waals surface area contributed by atoms with Gasteiger partial charge in [-0.2, -0.15) is 9.49 Å². The highest BCUT2D eigenvalue weighted by Gasteiger charge is 2.31. The summed E-state index contributed by atoms with van der Waals surface area (Å²) in [6, 6.07) is 5.80. The minimum atomic E-state index is -3.51. The number of anilines is 1. The predicted octanol–water partition coefficient (Wildman–Crippen LogP) is 2.69. The number of sulfone groups is 1. The van der Waals surface area contributed by atoms with Gasteiger partial charge in [0.25, 0.3) is 0 Å². The van der Waals surface area contributed by atoms with Crippen molar-refractivity contribution < 1.29 is 12.8 Å². The van der Waals surface area contributed by atoms with E-state index in [9.17, 15) is 12.8 Å². The van der Waals surface area contributed by atoms with E-state index in [1.54, 1.807) is 27.0 Å². The third-order valence-corrected chi connectivity index (χ3v) is 6.22. The lowest BCUT2D eigenvalue weighted by Crippen LogP contribution is -2.27. The molecule has 8 heteroatoms. The van der Waals surface area contributed by atoms with Crippen LogP contribution < -0.4 is 5.73 Å². The molecule has 3 aromatic rings. The molecule has 0 saturated heterocycles. The molecule has 24 heavy (non-hydrogen) atoms. The molecule has 0 aliphatic carbocycles. The zero-order valence-corrected chi connectivity index (χ0v) is 14.3. The first-order chi connectivity index (χ1) is 11.1. The molecule has 3 aromatic heterocycles. The number of nitrogens with two attached hydrogens (primary N) is 1. The van der Waals surface area contributed by atoms with Gasteiger partial charge in [0.1, 0.15) is 5.82 Å². The zero-order chi connectivity index (χ0) is 17.7. The molecule has 3 heterocycles. The van der Waals surface area contributed by atoms with Crippen LogP contribution in [0.3, 0.4) is 0 Å². The molecule has 0 aromatic carbocycles. The average Bonchev–Trinajstić information content (AvgIpc) is 2.87. The van der Waals surface area contributed by atoms with Crippen molar-refractivity contribution in [3.05, 3.63) is 42.6 Å². The first kappa shape index (κ1) is 16.4. The molecular weight excluding hydrogens is 331 g/mol. The smallest absolute Gasteiger partial charge is 0.215 e. The van der Waals surface area contributed by atoms with Crippen molar-refractivity contribution in [1.82, 2.24) is 14.6 Å². The molecule has 6 nitrogen and oxygen atoms in total. The third-order valence-electron chi connectivity index (χ3n) is 3.73. The molecule has 0 saturated carbocycles. The Morgan fingerprint density at radius 3 is 2.54 bits per heavy atom. The summed E-state index contributed by atoms with van der Waals surface area (Å²) < 4.78 is 39.4. The summed E-state index contributed by atoms with van der Waals surface area (Å²) in [5.41, 5.74) is 7.20. The maximum atomic E-state index is 13.5. The fourth-order valence-electron chi connectivity index (χ4n) is 2.38. The van der Waals surface area contributed by atoms with E-state index in [0.29, 0.717) is 16.6 Å². The van der Waals surface area contributed by atoms with Crippen LogP contribution in [0.4, 0.5) is 10.2 Å². The Balaban J connectivity index is 2.24. The molecule has 0 bridgehead atoms. The van der Waals surface area contributed by atoms with Gasteiger partial charge in [-0.05, 0) is 44.5 Å². The minimum Gasteiger partial charge on any atom is -0.384 e. The summed E-state index contributed by atoms with van der Waals surface area (Å²) in [7, 11) is -3.51. The second-order valence-corrected chi connectivity index (χ2v) is 9.17. The quantitative estimate of drug-likeness (QED) is 0.719. The van der Waals surface area contributed by atoms with Crippen molar-refractivity contribution in [2.24, 2.45) is 0 Å². The standard InChI is InChI=1S/C16H17FN4O2S/c1-16(2,3)24(22,23)11-4-5-21-13(8-11)12(9-19-21)10-6-14(17)20-15(18)7-10/h4-9H,1-3H3,(H2,18,20). The monoisotopic (exact) mass is 348 g/mol. The Morgan fingerprint density at radius 2 is 1.92 bits per heavy atom. The first-order valence-corrected chi connectivity index (χ1v) is 8.73. The van der Waals surface area contributed by atoms with E-state index in [1.165, 1.54) is 35.0 Å². The van der Waals surface area contributed by atoms with Crippen molar-refractivity contribution >= 4 is 21.2 Å². The van der Waals surface area contributed by atoms with Gasteiger partial charge in [-0.25, -0.2) is 17.9 Å². The van der Waals surface area contributed by atoms with Gasteiger partial charge < -0.3 is 5.73 Å². The van der Waals surface area contributed by atoms with Gasteiger partial charge in [0.05, 0.1) is 21.4 Å². The summed E-state index contributed by atoms with van der Waals surface area (Å²) in [6.45, 7) is 4.92. The van der Waals surface area contributed by atoms with E-state index in [-0.39, 0.29) is 10.7 Å². The summed E-state index contributed by atoms with van der Waals surface area (Å²) >= 11 is 0. The Hall–Kier alpha value is -2.48. The molecule has 0 aliphatic rings. The average molecular weight is 348 g/mol. The molecule has 0 aliphatic heterocycles. The zero-order valence-electron chi connectivity index (χ0n) is 13.5. The van der Waals surface area contributed by atoms with Crippen molar-refractivity contribution in [2.45, 2.75) is 30.4 Å². The Morgan fingerprint density at radius 1 is 1.21 bits per heavy atom. The van der Waals surface area contributed by atoms with Gasteiger partial charge in [0.2, 0.25) is 5.95 Å². The van der Waals surface area contributed by atoms with Gasteiger partial charge in [0.15, 0.2) is 9.84 Å². The van der Waals surface area contributed by atoms with Gasteiger partial charge in [0, 0.05) is 17.8 Å². The fraction of sp³-hybridized carbons (Fsp3) is 0.250. The summed E-state index contributed by atoms with van der Waals surface area (Å²) in [5, 5.41) is 4.18. The van der Waals surface area contributed by atoms with E-state index in [4.69, 9.17) is 5.73 Å². The normalized spacial score (nSPS) is 12.7. The van der Waals surface area contributed by atoms with Crippen LogP contribution >= 0.6 is 0 Å². The molecule has 3 rings (SSSR count). The summed E-state index contributed by atoms with van der Waals surface area (Å²) in [4.78, 5) is 3.69. The third kappa shape index (κ3) is 2.62. The van der Waals surface area contributed by atoms with Gasteiger partial charge in [-0.1, -0.05) is 0 Å². The number of rotatable bonds is 2. The van der Waals surface area contributed by atoms with Crippen molar-refractivity contribution in [3.8, 4) is 11.1 Å². The Kier molecular flexibility index (Phi) is 3.60. The lowest BCUT2D eigenvalue weighted by Gasteiger charge is -2.19. The number of fused-ring (bicyclic) bond motifs is 1. The number of halogens is 1. The highest BCUT2D eigenvalue weighted by atomic mass is 32.2. The molecule has 0 atom stereocenters. The maximum Gasteiger partial charge on any atom is 0.215 e. The SMILES string of the molecule is CC(C)(C)S(=O)(=O)c1ccn2ncc(-c3cc(N)nc(F)c3)c2c1. The summed E-state index contributed by atoms with van der Waals surface area (Å²) in [5.74, 6) is -0.661. The van der Waals surface area contributed by atoms with Crippen LogP contribution in [0.5, 0.6) is 0 Å². The predicted molar refractivity (Wildman–Crippen MR) is 89.7 cm³/mol. The largest absolute Gasteiger partial charge is 0.384 e. The van der Waals surface area contributed by atoms with Crippen LogP contribution in [0, 0.1) is 5.95 Å². The fourth-order valence-corrected chi connectivity index (χ4v) is 3.59. The Labute approximate surface area is 139 Å². The Bertz CT molecular complexity index is 1020. The number of hydrogen-bond donors (Lipinski definition) is 1. The second-order valence-electron chi connectivity index (χ2n) is 6.47. The molecule has 0 spiro atoms. The van der Waals surface area contributed by atoms with Crippen LogP contribution in [0.25, 0.3) is 16.6 Å². The van der Waals surface area contributed by atoms with Crippen LogP contribution in [-0.4, -0.2) is 27.8 Å². The van der Waals surface area contributed by atoms with Gasteiger partial charge in [-0.15, -0.1) is 0 Å². The number of pyridine rings is 2. The number of aromatic nitrogens is 3. The van der Waals surface area contributed by atoms with Crippen molar-refractivity contribution in [1.29, 1.82) is 0 Å². The van der Waals surface area contributed by atoms with E-state index >= 15 is 0 Å². The summed E-state index contributed by atoms with van der Waals surface area (Å²) in [6.07, 6.45) is 3.11. The van der Waals surface area contributed by atoms with Crippen LogP contribution in [0.2, 0.25) is 0 Å². The van der Waals surface area contributed by atoms with E-state index in [0.717, 1.165) is 0 Å². The molecule has 0 amide bonds. The highest BCUT2D eigenvalue weighted by Crippen LogP contribution is 2.30. The van der Waals surface area contributed by atoms with Crippen molar-refractivity contribution in [2.75, 3.05) is 5.73 Å². The van der Waals surface area contributed by atoms with E-state index < -0.39 is 20.5 Å². The highest BCUT2D eigenvalue weighted by molar-refractivity contribution is 7.92. The molecule has 2 N–H and O–H groups in total. The number of nitrogens with zero attached hydrogens (tertiary/aromatic N) is 3. The minimum absolute atomic E-state index is 0.0443. The number of nitrogen functional groups attached to an aromatic ring is 1. The van der Waals surface area contributed by atoms with Gasteiger partial charge >= 0.3 is 0 Å². The molecule has 126 valence electrons. The maximum absolute atomic E-state index is 13.5. The number of hydrogen-bond acceptors (Lipinski definition) is 5. The lowest BCUT2D eigenvalue weighted by molar-refractivity contribution is 0.560. The first-order valence-electron chi connectivity index (χ1n) is 7.25. The lowest BCUT2D eigenvalue weighted by atomic mass is 10.1. The van der Waals surface area contributed by atoms with Gasteiger partial charge in [-0.3, -0.25) is 0 Å². The van der Waals surface area contributed by atoms with Crippen LogP contribution in [0.1, 0.15) is 20.8 Å². The van der Waals surface area contributed by atoms with E-state index in [1.807, 2.05) is 0 Å². The van der Waals surface area contributed by atoms with Crippen molar-refractivity contribution in [3.63, 3.8) is 0 Å². The van der Waals surface area contributed by atoms with Crippen LogP contribution in [0.15, 0.2) is 41.6 Å². The second kappa shape index (κ2) is 5.27. The molecule has 0 fully saturated rings. The molecular formula is C16H17FN4O2S. The molecule has 0 radical (unpaired) electrons. The molecule has 0 unspecified atom stereocenters. The topological polar surface area (TPSA) is 90.3 Å². The van der Waals surface area contributed by atoms with E-state index in [2.05, 4.69) is 10.1 Å².